The molecule has 1 unspecified atom stereocenters. The minimum atomic E-state index is -0.401. The molecular formula is C13H23N3OS. The van der Waals surface area contributed by atoms with E-state index >= 15 is 0 Å². The van der Waals surface area contributed by atoms with Crippen LogP contribution in [-0.2, 0) is 4.79 Å². The Morgan fingerprint density at radius 1 is 1.50 bits per heavy atom. The molecule has 1 heterocycles. The molecule has 1 amide bonds. The van der Waals surface area contributed by atoms with Crippen LogP contribution in [0.25, 0.3) is 0 Å². The van der Waals surface area contributed by atoms with Crippen LogP contribution in [0.1, 0.15) is 54.7 Å². The second-order valence-electron chi connectivity index (χ2n) is 4.66. The summed E-state index contributed by atoms with van der Waals surface area (Å²) >= 11 is 1.63. The van der Waals surface area contributed by atoms with Gasteiger partial charge < -0.3 is 11.1 Å². The van der Waals surface area contributed by atoms with Crippen LogP contribution in [0.15, 0.2) is 0 Å². The van der Waals surface area contributed by atoms with Gasteiger partial charge >= 0.3 is 0 Å². The monoisotopic (exact) mass is 269 g/mol. The van der Waals surface area contributed by atoms with Crippen molar-refractivity contribution in [2.24, 2.45) is 5.73 Å². The summed E-state index contributed by atoms with van der Waals surface area (Å²) < 4.78 is 0. The SMILES string of the molecule is CCCC[C@H](N)C(=O)NC(C)c1sc(C)nc1C. The Hall–Kier alpha value is -0.940. The van der Waals surface area contributed by atoms with Crippen LogP contribution in [0, 0.1) is 13.8 Å². The van der Waals surface area contributed by atoms with Crippen LogP contribution in [0.5, 0.6) is 0 Å². The highest BCUT2D eigenvalue weighted by atomic mass is 32.1. The number of nitrogens with two attached hydrogens (primary N) is 1. The predicted octanol–water partition coefficient (Wildman–Crippen LogP) is 2.45. The minimum Gasteiger partial charge on any atom is -0.347 e. The molecule has 0 bridgehead atoms. The predicted molar refractivity (Wildman–Crippen MR) is 75.6 cm³/mol. The molecule has 0 saturated carbocycles. The van der Waals surface area contributed by atoms with E-state index < -0.39 is 6.04 Å². The van der Waals surface area contributed by atoms with Crippen molar-refractivity contribution in [3.05, 3.63) is 15.6 Å². The van der Waals surface area contributed by atoms with E-state index in [9.17, 15) is 4.79 Å². The molecule has 3 N–H and O–H groups in total. The highest BCUT2D eigenvalue weighted by Crippen LogP contribution is 2.24. The first kappa shape index (κ1) is 15.1. The van der Waals surface area contributed by atoms with Gasteiger partial charge in [0.15, 0.2) is 0 Å². The number of carbonyl (C=O) groups is 1. The third-order valence-corrected chi connectivity index (χ3v) is 4.15. The molecule has 1 rings (SSSR count). The molecule has 0 saturated heterocycles. The topological polar surface area (TPSA) is 68.0 Å². The van der Waals surface area contributed by atoms with Crippen LogP contribution in [0.4, 0.5) is 0 Å². The molecule has 4 nitrogen and oxygen atoms in total. The van der Waals surface area contributed by atoms with E-state index in [1.165, 1.54) is 0 Å². The quantitative estimate of drug-likeness (QED) is 0.833. The number of carbonyl (C=O) groups excluding carboxylic acids is 1. The molecule has 1 aromatic rings. The fourth-order valence-corrected chi connectivity index (χ4v) is 2.82. The van der Waals surface area contributed by atoms with Gasteiger partial charge in [0.1, 0.15) is 0 Å². The molecule has 1 aromatic heterocycles. The number of aromatic nitrogens is 1. The smallest absolute Gasteiger partial charge is 0.237 e. The average molecular weight is 269 g/mol. The van der Waals surface area contributed by atoms with E-state index in [1.807, 2.05) is 20.8 Å². The van der Waals surface area contributed by atoms with E-state index in [1.54, 1.807) is 11.3 Å². The molecule has 5 heteroatoms. The fraction of sp³-hybridized carbons (Fsp3) is 0.692. The number of aryl methyl sites for hydroxylation is 2. The molecule has 102 valence electrons. The lowest BCUT2D eigenvalue weighted by Crippen LogP contribution is -2.41. The first-order valence-electron chi connectivity index (χ1n) is 6.45. The van der Waals surface area contributed by atoms with Crippen molar-refractivity contribution in [2.75, 3.05) is 0 Å². The first-order valence-corrected chi connectivity index (χ1v) is 7.27. The largest absolute Gasteiger partial charge is 0.347 e. The van der Waals surface area contributed by atoms with E-state index in [2.05, 4.69) is 17.2 Å². The van der Waals surface area contributed by atoms with Crippen molar-refractivity contribution >= 4 is 17.2 Å². The van der Waals surface area contributed by atoms with Gasteiger partial charge in [-0.05, 0) is 27.2 Å². The Kier molecular flexibility index (Phi) is 5.75. The summed E-state index contributed by atoms with van der Waals surface area (Å²) in [6.45, 7) is 8.02. The number of hydrogen-bond acceptors (Lipinski definition) is 4. The van der Waals surface area contributed by atoms with Crippen molar-refractivity contribution in [3.8, 4) is 0 Å². The third-order valence-electron chi connectivity index (χ3n) is 2.90. The summed E-state index contributed by atoms with van der Waals surface area (Å²) in [4.78, 5) is 17.4. The molecule has 2 atom stereocenters. The summed E-state index contributed by atoms with van der Waals surface area (Å²) in [7, 11) is 0. The van der Waals surface area contributed by atoms with Crippen molar-refractivity contribution < 1.29 is 4.79 Å². The zero-order valence-corrected chi connectivity index (χ0v) is 12.4. The first-order chi connectivity index (χ1) is 8.45. The maximum absolute atomic E-state index is 11.9. The van der Waals surface area contributed by atoms with E-state index in [0.29, 0.717) is 0 Å². The molecule has 0 aliphatic heterocycles. The standard InChI is InChI=1S/C13H23N3OS/c1-5-6-7-11(14)13(17)16-9(3)12-8(2)15-10(4)18-12/h9,11H,5-7,14H2,1-4H3,(H,16,17)/t9?,11-/m0/s1. The van der Waals surface area contributed by atoms with Crippen molar-refractivity contribution in [1.82, 2.24) is 10.3 Å². The van der Waals surface area contributed by atoms with Gasteiger partial charge in [0.25, 0.3) is 0 Å². The fourth-order valence-electron chi connectivity index (χ4n) is 1.89. The van der Waals surface area contributed by atoms with Gasteiger partial charge in [0.2, 0.25) is 5.91 Å². The lowest BCUT2D eigenvalue weighted by molar-refractivity contribution is -0.123. The van der Waals surface area contributed by atoms with Crippen LogP contribution < -0.4 is 11.1 Å². The molecule has 0 fully saturated rings. The number of unbranched alkanes of at least 4 members (excludes halogenated alkanes) is 1. The zero-order chi connectivity index (χ0) is 13.7. The van der Waals surface area contributed by atoms with Gasteiger partial charge in [-0.2, -0.15) is 0 Å². The Morgan fingerprint density at radius 3 is 2.67 bits per heavy atom. The number of hydrogen-bond donors (Lipinski definition) is 2. The molecule has 0 spiro atoms. The summed E-state index contributed by atoms with van der Waals surface area (Å²) in [5, 5.41) is 3.99. The number of thiazole rings is 1. The van der Waals surface area contributed by atoms with E-state index in [0.717, 1.165) is 34.8 Å². The third kappa shape index (κ3) is 4.07. The summed E-state index contributed by atoms with van der Waals surface area (Å²) in [6.07, 6.45) is 2.79. The molecule has 18 heavy (non-hydrogen) atoms. The number of amides is 1. The van der Waals surface area contributed by atoms with Crippen molar-refractivity contribution in [2.45, 2.75) is 59.0 Å². The molecule has 0 radical (unpaired) electrons. The van der Waals surface area contributed by atoms with Crippen LogP contribution in [0.2, 0.25) is 0 Å². The maximum atomic E-state index is 11.9. The van der Waals surface area contributed by atoms with Crippen molar-refractivity contribution in [3.63, 3.8) is 0 Å². The highest BCUT2D eigenvalue weighted by Gasteiger charge is 2.18. The second-order valence-corrected chi connectivity index (χ2v) is 5.90. The van der Waals surface area contributed by atoms with Crippen LogP contribution in [0.3, 0.4) is 0 Å². The maximum Gasteiger partial charge on any atom is 0.237 e. The Bertz CT molecular complexity index is 403. The number of nitrogens with zero attached hydrogens (tertiary/aromatic N) is 1. The summed E-state index contributed by atoms with van der Waals surface area (Å²) in [5.41, 5.74) is 6.84. The van der Waals surface area contributed by atoms with Gasteiger partial charge in [-0.15, -0.1) is 11.3 Å². The average Bonchev–Trinajstić information content (AvgIpc) is 2.65. The second kappa shape index (κ2) is 6.85. The van der Waals surface area contributed by atoms with Gasteiger partial charge in [-0.1, -0.05) is 19.8 Å². The molecular weight excluding hydrogens is 246 g/mol. The number of rotatable bonds is 6. The minimum absolute atomic E-state index is 0.0172. The summed E-state index contributed by atoms with van der Waals surface area (Å²) in [5.74, 6) is -0.0681. The summed E-state index contributed by atoms with van der Waals surface area (Å²) in [6, 6.07) is -0.418. The van der Waals surface area contributed by atoms with Gasteiger partial charge in [-0.3, -0.25) is 4.79 Å². The Labute approximate surface area is 113 Å². The zero-order valence-electron chi connectivity index (χ0n) is 11.6. The lowest BCUT2D eigenvalue weighted by Gasteiger charge is -2.16. The Balaban J connectivity index is 2.56. The normalized spacial score (nSPS) is 14.3. The number of nitrogens with one attached hydrogen (secondary N) is 1. The van der Waals surface area contributed by atoms with Crippen LogP contribution in [-0.4, -0.2) is 16.9 Å². The molecule has 0 aliphatic rings. The highest BCUT2D eigenvalue weighted by molar-refractivity contribution is 7.11. The van der Waals surface area contributed by atoms with Gasteiger partial charge in [0.05, 0.1) is 22.8 Å². The lowest BCUT2D eigenvalue weighted by atomic mass is 10.1. The van der Waals surface area contributed by atoms with E-state index in [4.69, 9.17) is 5.73 Å². The molecule has 0 aliphatic carbocycles. The van der Waals surface area contributed by atoms with Gasteiger partial charge in [0, 0.05) is 4.88 Å². The molecule has 0 aromatic carbocycles. The van der Waals surface area contributed by atoms with E-state index in [-0.39, 0.29) is 11.9 Å². The van der Waals surface area contributed by atoms with Gasteiger partial charge in [-0.25, -0.2) is 4.98 Å². The van der Waals surface area contributed by atoms with Crippen LogP contribution >= 0.6 is 11.3 Å². The Morgan fingerprint density at radius 2 is 2.17 bits per heavy atom. The van der Waals surface area contributed by atoms with Crippen molar-refractivity contribution in [1.29, 1.82) is 0 Å².